The fourth-order valence-corrected chi connectivity index (χ4v) is 5.81. The van der Waals surface area contributed by atoms with Crippen molar-refractivity contribution in [3.05, 3.63) is 59.7 Å². The largest absolute Gasteiger partial charge is 0.349 e. The van der Waals surface area contributed by atoms with Gasteiger partial charge in [-0.15, -0.1) is 0 Å². The van der Waals surface area contributed by atoms with Crippen molar-refractivity contribution in [1.82, 2.24) is 15.5 Å². The van der Waals surface area contributed by atoms with Gasteiger partial charge in [-0.25, -0.2) is 0 Å². The molecular weight excluding hydrogens is 418 g/mol. The monoisotopic (exact) mass is 459 g/mol. The number of aliphatic imine (C=N–C) groups is 2. The van der Waals surface area contributed by atoms with Crippen LogP contribution in [0.2, 0.25) is 0 Å². The Balaban J connectivity index is 1.26. The lowest BCUT2D eigenvalue weighted by molar-refractivity contribution is 0.276. The second-order valence-corrected chi connectivity index (χ2v) is 10.5. The summed E-state index contributed by atoms with van der Waals surface area (Å²) in [5, 5.41) is 7.30. The molecule has 1 aromatic carbocycles. The Hall–Kier alpha value is -2.40. The molecule has 2 N–H and O–H groups in total. The van der Waals surface area contributed by atoms with Gasteiger partial charge in [-0.2, -0.15) is 0 Å². The van der Waals surface area contributed by atoms with E-state index in [1.54, 1.807) is 0 Å². The molecule has 0 bridgehead atoms. The molecule has 1 aromatic rings. The first kappa shape index (κ1) is 23.3. The molecule has 4 aliphatic rings. The first-order valence-electron chi connectivity index (χ1n) is 13.6. The van der Waals surface area contributed by atoms with Crippen LogP contribution in [-0.4, -0.2) is 48.4 Å². The first-order chi connectivity index (χ1) is 16.8. The van der Waals surface area contributed by atoms with Gasteiger partial charge >= 0.3 is 0 Å². The van der Waals surface area contributed by atoms with Gasteiger partial charge in [0, 0.05) is 25.2 Å². The van der Waals surface area contributed by atoms with Crippen molar-refractivity contribution >= 4 is 11.8 Å². The van der Waals surface area contributed by atoms with Crippen LogP contribution in [0.4, 0.5) is 0 Å². The Morgan fingerprint density at radius 3 is 2.68 bits per heavy atom. The van der Waals surface area contributed by atoms with Crippen molar-refractivity contribution in [3.8, 4) is 0 Å². The molecule has 2 aliphatic heterocycles. The third-order valence-corrected chi connectivity index (χ3v) is 7.81. The Labute approximate surface area is 205 Å². The van der Waals surface area contributed by atoms with E-state index in [9.17, 15) is 0 Å². The van der Waals surface area contributed by atoms with E-state index in [4.69, 9.17) is 9.98 Å². The molecule has 34 heavy (non-hydrogen) atoms. The van der Waals surface area contributed by atoms with Crippen molar-refractivity contribution in [2.24, 2.45) is 15.9 Å². The highest BCUT2D eigenvalue weighted by Crippen LogP contribution is 2.25. The number of allylic oxidation sites excluding steroid dienone is 3. The molecule has 5 nitrogen and oxygen atoms in total. The molecular formula is C29H41N5. The van der Waals surface area contributed by atoms with E-state index in [1.807, 2.05) is 0 Å². The van der Waals surface area contributed by atoms with Gasteiger partial charge in [0.2, 0.25) is 0 Å². The lowest BCUT2D eigenvalue weighted by atomic mass is 9.89. The molecule has 5 heteroatoms. The summed E-state index contributed by atoms with van der Waals surface area (Å²) in [6, 6.07) is 11.5. The standard InChI is InChI=1S/C29H41N5/c1-4-11-23(12-5-1)21-30-29-32-27-17-9-3-8-16-26(27)28(33-29)31-25-15-10-19-34(20-18-25)22-24-13-6-2-7-14-24/h2-3,6-8,13-14,16,23,25,27H,1,4-5,9-12,15,17-22H2,(H2,30,31,32,33). The molecule has 182 valence electrons. The topological polar surface area (TPSA) is 52.0 Å². The summed E-state index contributed by atoms with van der Waals surface area (Å²) in [7, 11) is 0. The minimum Gasteiger partial charge on any atom is -0.349 e. The fraction of sp³-hybridized carbons (Fsp3) is 0.586. The van der Waals surface area contributed by atoms with Gasteiger partial charge in [-0.1, -0.05) is 67.8 Å². The smallest absolute Gasteiger partial charge is 0.197 e. The zero-order chi connectivity index (χ0) is 23.0. The van der Waals surface area contributed by atoms with Crippen molar-refractivity contribution < 1.29 is 0 Å². The molecule has 0 aromatic heterocycles. The van der Waals surface area contributed by atoms with Crippen LogP contribution >= 0.6 is 0 Å². The van der Waals surface area contributed by atoms with Gasteiger partial charge < -0.3 is 10.6 Å². The molecule has 2 atom stereocenters. The summed E-state index contributed by atoms with van der Waals surface area (Å²) in [4.78, 5) is 12.9. The SMILES string of the molecule is C1=CCCC2NC(=NCC3CCCCC3)NC(=NC3CCCN(Cc4ccccc4)CC3)C2=C1. The second kappa shape index (κ2) is 11.8. The summed E-state index contributed by atoms with van der Waals surface area (Å²) < 4.78 is 0. The van der Waals surface area contributed by atoms with Crippen LogP contribution in [0.15, 0.2) is 64.1 Å². The summed E-state index contributed by atoms with van der Waals surface area (Å²) in [5.41, 5.74) is 2.71. The maximum Gasteiger partial charge on any atom is 0.197 e. The number of hydrogen-bond acceptors (Lipinski definition) is 3. The van der Waals surface area contributed by atoms with Gasteiger partial charge in [0.25, 0.3) is 0 Å². The summed E-state index contributed by atoms with van der Waals surface area (Å²) in [6.07, 6.45) is 19.2. The normalized spacial score (nSPS) is 29.0. The van der Waals surface area contributed by atoms with Crippen LogP contribution in [-0.2, 0) is 6.54 Å². The van der Waals surface area contributed by atoms with Crippen LogP contribution in [0.3, 0.4) is 0 Å². The Morgan fingerprint density at radius 2 is 1.79 bits per heavy atom. The molecule has 5 rings (SSSR count). The van der Waals surface area contributed by atoms with Crippen LogP contribution in [0.25, 0.3) is 0 Å². The summed E-state index contributed by atoms with van der Waals surface area (Å²) in [5.74, 6) is 2.74. The third-order valence-electron chi connectivity index (χ3n) is 7.81. The van der Waals surface area contributed by atoms with Gasteiger partial charge in [-0.05, 0) is 63.0 Å². The molecule has 2 aliphatic carbocycles. The molecule has 0 spiro atoms. The van der Waals surface area contributed by atoms with E-state index < -0.39 is 0 Å². The number of rotatable bonds is 5. The molecule has 1 saturated carbocycles. The third kappa shape index (κ3) is 6.38. The van der Waals surface area contributed by atoms with E-state index in [1.165, 1.54) is 49.7 Å². The number of likely N-dealkylation sites (tertiary alicyclic amines) is 1. The zero-order valence-electron chi connectivity index (χ0n) is 20.6. The maximum absolute atomic E-state index is 5.32. The fourth-order valence-electron chi connectivity index (χ4n) is 5.81. The van der Waals surface area contributed by atoms with Crippen LogP contribution in [0, 0.1) is 5.92 Å². The van der Waals surface area contributed by atoms with Crippen molar-refractivity contribution in [3.63, 3.8) is 0 Å². The molecule has 0 amide bonds. The van der Waals surface area contributed by atoms with Gasteiger partial charge in [0.15, 0.2) is 5.96 Å². The highest BCUT2D eigenvalue weighted by molar-refractivity contribution is 6.12. The average Bonchev–Trinajstić information content (AvgIpc) is 3.25. The van der Waals surface area contributed by atoms with Crippen molar-refractivity contribution in [1.29, 1.82) is 0 Å². The number of hydrogen-bond donors (Lipinski definition) is 2. The number of nitrogens with zero attached hydrogens (tertiary/aromatic N) is 3. The van der Waals surface area contributed by atoms with E-state index in [0.717, 1.165) is 69.6 Å². The average molecular weight is 460 g/mol. The Bertz CT molecular complexity index is 910. The Kier molecular flexibility index (Phi) is 8.13. The molecule has 2 saturated heterocycles. The second-order valence-electron chi connectivity index (χ2n) is 10.5. The summed E-state index contributed by atoms with van der Waals surface area (Å²) in [6.45, 7) is 4.25. The van der Waals surface area contributed by atoms with Crippen LogP contribution in [0.5, 0.6) is 0 Å². The summed E-state index contributed by atoms with van der Waals surface area (Å²) >= 11 is 0. The van der Waals surface area contributed by atoms with E-state index in [0.29, 0.717) is 12.1 Å². The number of amidine groups is 1. The first-order valence-corrected chi connectivity index (χ1v) is 13.6. The van der Waals surface area contributed by atoms with E-state index in [2.05, 4.69) is 64.1 Å². The van der Waals surface area contributed by atoms with Gasteiger partial charge in [0.1, 0.15) is 5.84 Å². The molecule has 2 unspecified atom stereocenters. The van der Waals surface area contributed by atoms with Gasteiger partial charge in [0.05, 0.1) is 12.1 Å². The molecule has 3 fully saturated rings. The zero-order valence-corrected chi connectivity index (χ0v) is 20.6. The number of nitrogens with one attached hydrogen (secondary N) is 2. The highest BCUT2D eigenvalue weighted by Gasteiger charge is 2.28. The quantitative estimate of drug-likeness (QED) is 0.635. The molecule has 2 heterocycles. The number of benzene rings is 1. The lowest BCUT2D eigenvalue weighted by Crippen LogP contribution is -2.55. The van der Waals surface area contributed by atoms with Crippen molar-refractivity contribution in [2.45, 2.75) is 82.8 Å². The number of fused-ring (bicyclic) bond motifs is 1. The predicted molar refractivity (Wildman–Crippen MR) is 142 cm³/mol. The maximum atomic E-state index is 5.32. The number of guanidine groups is 1. The Morgan fingerprint density at radius 1 is 0.912 bits per heavy atom. The van der Waals surface area contributed by atoms with E-state index in [-0.39, 0.29) is 0 Å². The lowest BCUT2D eigenvalue weighted by Gasteiger charge is -2.31. The van der Waals surface area contributed by atoms with Crippen LogP contribution < -0.4 is 10.6 Å². The van der Waals surface area contributed by atoms with E-state index >= 15 is 0 Å². The highest BCUT2D eigenvalue weighted by atomic mass is 15.2. The molecule has 0 radical (unpaired) electrons. The van der Waals surface area contributed by atoms with Crippen LogP contribution in [0.1, 0.15) is 69.8 Å². The minimum absolute atomic E-state index is 0.306. The minimum atomic E-state index is 0.306. The van der Waals surface area contributed by atoms with Crippen molar-refractivity contribution in [2.75, 3.05) is 19.6 Å². The predicted octanol–water partition coefficient (Wildman–Crippen LogP) is 5.21. The van der Waals surface area contributed by atoms with Gasteiger partial charge in [-0.3, -0.25) is 14.9 Å².